The Balaban J connectivity index is 2.82. The Labute approximate surface area is 99.2 Å². The van der Waals surface area contributed by atoms with Gasteiger partial charge in [0, 0.05) is 0 Å². The van der Waals surface area contributed by atoms with Crippen molar-refractivity contribution >= 4 is 23.5 Å². The van der Waals surface area contributed by atoms with E-state index in [-0.39, 0.29) is 5.11 Å². The van der Waals surface area contributed by atoms with E-state index in [4.69, 9.17) is 15.2 Å². The summed E-state index contributed by atoms with van der Waals surface area (Å²) in [6.07, 6.45) is 1.58. The molecule has 0 spiro atoms. The number of rotatable bonds is 4. The maximum atomic E-state index is 5.22. The fraction of sp³-hybridized carbons (Fsp3) is 0.200. The molecule has 6 heteroatoms. The number of hydrazone groups is 1. The van der Waals surface area contributed by atoms with Crippen LogP contribution >= 0.6 is 12.2 Å². The predicted octanol–water partition coefficient (Wildman–Crippen LogP) is 0.871. The van der Waals surface area contributed by atoms with E-state index in [0.29, 0.717) is 11.5 Å². The minimum atomic E-state index is 0.122. The third-order valence-electron chi connectivity index (χ3n) is 1.80. The molecule has 0 aliphatic carbocycles. The monoisotopic (exact) mass is 239 g/mol. The molecule has 5 nitrogen and oxygen atoms in total. The molecule has 1 aromatic rings. The summed E-state index contributed by atoms with van der Waals surface area (Å²) in [6.45, 7) is 0. The first-order chi connectivity index (χ1) is 7.67. The van der Waals surface area contributed by atoms with E-state index in [0.717, 1.165) is 5.56 Å². The summed E-state index contributed by atoms with van der Waals surface area (Å²) >= 11 is 4.61. The molecule has 1 aromatic carbocycles. The summed E-state index contributed by atoms with van der Waals surface area (Å²) in [7, 11) is 3.16. The molecule has 0 aliphatic rings. The molecule has 86 valence electrons. The Morgan fingerprint density at radius 3 is 2.62 bits per heavy atom. The van der Waals surface area contributed by atoms with E-state index in [1.165, 1.54) is 0 Å². The SMILES string of the molecule is COc1ccc(/C=N/NC(N)=S)cc1OC. The molecule has 1 rings (SSSR count). The summed E-state index contributed by atoms with van der Waals surface area (Å²) in [5.74, 6) is 1.31. The van der Waals surface area contributed by atoms with Crippen molar-refractivity contribution in [2.45, 2.75) is 0 Å². The largest absolute Gasteiger partial charge is 0.493 e. The molecule has 0 fully saturated rings. The van der Waals surface area contributed by atoms with Gasteiger partial charge in [-0.05, 0) is 36.0 Å². The first kappa shape index (κ1) is 12.3. The number of hydrogen-bond donors (Lipinski definition) is 2. The average molecular weight is 239 g/mol. The van der Waals surface area contributed by atoms with Crippen molar-refractivity contribution in [3.8, 4) is 11.5 Å². The summed E-state index contributed by atoms with van der Waals surface area (Å²) in [5.41, 5.74) is 8.54. The van der Waals surface area contributed by atoms with Gasteiger partial charge in [0.25, 0.3) is 0 Å². The van der Waals surface area contributed by atoms with Crippen LogP contribution in [0.25, 0.3) is 0 Å². The number of nitrogens with zero attached hydrogens (tertiary/aromatic N) is 1. The predicted molar refractivity (Wildman–Crippen MR) is 67.1 cm³/mol. The molecule has 0 atom stereocenters. The van der Waals surface area contributed by atoms with E-state index in [2.05, 4.69) is 22.7 Å². The van der Waals surface area contributed by atoms with E-state index < -0.39 is 0 Å². The zero-order valence-electron chi connectivity index (χ0n) is 9.06. The van der Waals surface area contributed by atoms with Gasteiger partial charge < -0.3 is 15.2 Å². The number of nitrogens with two attached hydrogens (primary N) is 1. The third-order valence-corrected chi connectivity index (χ3v) is 1.89. The number of thiocarbonyl (C=S) groups is 1. The summed E-state index contributed by atoms with van der Waals surface area (Å²) in [6, 6.07) is 5.43. The zero-order chi connectivity index (χ0) is 12.0. The highest BCUT2D eigenvalue weighted by Gasteiger charge is 2.02. The molecule has 0 saturated carbocycles. The second-order valence-electron chi connectivity index (χ2n) is 2.85. The molecule has 0 amide bonds. The van der Waals surface area contributed by atoms with Crippen molar-refractivity contribution in [3.63, 3.8) is 0 Å². The van der Waals surface area contributed by atoms with Gasteiger partial charge >= 0.3 is 0 Å². The normalized spacial score (nSPS) is 10.1. The highest BCUT2D eigenvalue weighted by molar-refractivity contribution is 7.80. The lowest BCUT2D eigenvalue weighted by atomic mass is 10.2. The molecular weight excluding hydrogens is 226 g/mol. The Morgan fingerprint density at radius 2 is 2.06 bits per heavy atom. The molecular formula is C10H13N3O2S. The Hall–Kier alpha value is -1.82. The van der Waals surface area contributed by atoms with Gasteiger partial charge in [0.2, 0.25) is 0 Å². The average Bonchev–Trinajstić information content (AvgIpc) is 2.28. The van der Waals surface area contributed by atoms with E-state index in [1.54, 1.807) is 32.6 Å². The highest BCUT2D eigenvalue weighted by Crippen LogP contribution is 2.26. The zero-order valence-corrected chi connectivity index (χ0v) is 9.88. The quantitative estimate of drug-likeness (QED) is 0.463. The number of methoxy groups -OCH3 is 2. The first-order valence-electron chi connectivity index (χ1n) is 4.48. The standard InChI is InChI=1S/C10H13N3O2S/c1-14-8-4-3-7(5-9(8)15-2)6-12-13-10(11)16/h3-6H,1-2H3,(H3,11,13,16)/b12-6+. The molecule has 0 bridgehead atoms. The van der Waals surface area contributed by atoms with Crippen LogP contribution in [0.2, 0.25) is 0 Å². The minimum absolute atomic E-state index is 0.122. The van der Waals surface area contributed by atoms with Crippen molar-refractivity contribution in [2.24, 2.45) is 10.8 Å². The lowest BCUT2D eigenvalue weighted by molar-refractivity contribution is 0.355. The van der Waals surface area contributed by atoms with Gasteiger partial charge in [-0.2, -0.15) is 5.10 Å². The number of nitrogens with one attached hydrogen (secondary N) is 1. The smallest absolute Gasteiger partial charge is 0.184 e. The lowest BCUT2D eigenvalue weighted by Crippen LogP contribution is -2.23. The van der Waals surface area contributed by atoms with Crippen LogP contribution in [0.4, 0.5) is 0 Å². The molecule has 3 N–H and O–H groups in total. The molecule has 0 aliphatic heterocycles. The Kier molecular flexibility index (Phi) is 4.53. The minimum Gasteiger partial charge on any atom is -0.493 e. The van der Waals surface area contributed by atoms with Crippen molar-refractivity contribution in [1.29, 1.82) is 0 Å². The summed E-state index contributed by atoms with van der Waals surface area (Å²) in [4.78, 5) is 0. The van der Waals surface area contributed by atoms with Gasteiger partial charge in [-0.3, -0.25) is 5.43 Å². The molecule has 0 heterocycles. The van der Waals surface area contributed by atoms with Gasteiger partial charge in [0.15, 0.2) is 16.6 Å². The lowest BCUT2D eigenvalue weighted by Gasteiger charge is -2.07. The molecule has 0 unspecified atom stereocenters. The van der Waals surface area contributed by atoms with Crippen molar-refractivity contribution in [1.82, 2.24) is 5.43 Å². The third kappa shape index (κ3) is 3.39. The van der Waals surface area contributed by atoms with Gasteiger partial charge in [-0.15, -0.1) is 0 Å². The van der Waals surface area contributed by atoms with Crippen LogP contribution in [0, 0.1) is 0 Å². The number of hydrogen-bond acceptors (Lipinski definition) is 4. The number of ether oxygens (including phenoxy) is 2. The van der Waals surface area contributed by atoms with E-state index in [1.807, 2.05) is 6.07 Å². The van der Waals surface area contributed by atoms with Crippen LogP contribution in [0.5, 0.6) is 11.5 Å². The van der Waals surface area contributed by atoms with Crippen LogP contribution < -0.4 is 20.6 Å². The van der Waals surface area contributed by atoms with Crippen LogP contribution in [-0.4, -0.2) is 25.5 Å². The van der Waals surface area contributed by atoms with Gasteiger partial charge in [0.05, 0.1) is 20.4 Å². The Morgan fingerprint density at radius 1 is 1.38 bits per heavy atom. The maximum absolute atomic E-state index is 5.22. The van der Waals surface area contributed by atoms with Crippen molar-refractivity contribution in [3.05, 3.63) is 23.8 Å². The topological polar surface area (TPSA) is 68.9 Å². The molecule has 16 heavy (non-hydrogen) atoms. The first-order valence-corrected chi connectivity index (χ1v) is 4.88. The second-order valence-corrected chi connectivity index (χ2v) is 3.29. The fourth-order valence-electron chi connectivity index (χ4n) is 1.10. The van der Waals surface area contributed by atoms with Gasteiger partial charge in [-0.1, -0.05) is 0 Å². The summed E-state index contributed by atoms with van der Waals surface area (Å²) in [5, 5.41) is 3.96. The van der Waals surface area contributed by atoms with Gasteiger partial charge in [-0.25, -0.2) is 0 Å². The Bertz CT molecular complexity index is 407. The maximum Gasteiger partial charge on any atom is 0.184 e. The van der Waals surface area contributed by atoms with Gasteiger partial charge in [0.1, 0.15) is 0 Å². The fourth-order valence-corrected chi connectivity index (χ4v) is 1.16. The van der Waals surface area contributed by atoms with Crippen LogP contribution in [-0.2, 0) is 0 Å². The second kappa shape index (κ2) is 5.92. The molecule has 0 radical (unpaired) electrons. The molecule has 0 aromatic heterocycles. The van der Waals surface area contributed by atoms with E-state index in [9.17, 15) is 0 Å². The van der Waals surface area contributed by atoms with Crippen molar-refractivity contribution < 1.29 is 9.47 Å². The molecule has 0 saturated heterocycles. The van der Waals surface area contributed by atoms with E-state index >= 15 is 0 Å². The van der Waals surface area contributed by atoms with Crippen LogP contribution in [0.1, 0.15) is 5.56 Å². The van der Waals surface area contributed by atoms with Crippen molar-refractivity contribution in [2.75, 3.05) is 14.2 Å². The van der Waals surface area contributed by atoms with Crippen LogP contribution in [0.15, 0.2) is 23.3 Å². The summed E-state index contributed by atoms with van der Waals surface area (Å²) < 4.78 is 10.3. The number of benzene rings is 1. The van der Waals surface area contributed by atoms with Crippen LogP contribution in [0.3, 0.4) is 0 Å². The highest BCUT2D eigenvalue weighted by atomic mass is 32.1.